The number of piperazine rings is 1. The Labute approximate surface area is 153 Å². The Kier molecular flexibility index (Phi) is 5.53. The highest BCUT2D eigenvalue weighted by atomic mass is 16.3. The van der Waals surface area contributed by atoms with Crippen LogP contribution < -0.4 is 5.32 Å². The molecule has 0 aliphatic carbocycles. The van der Waals surface area contributed by atoms with Gasteiger partial charge in [0.2, 0.25) is 0 Å². The molecule has 1 fully saturated rings. The predicted octanol–water partition coefficient (Wildman–Crippen LogP) is 1.40. The Balaban J connectivity index is 1.67. The molecule has 3 rings (SSSR count). The second kappa shape index (κ2) is 7.84. The zero-order valence-electron chi connectivity index (χ0n) is 15.5. The van der Waals surface area contributed by atoms with Gasteiger partial charge in [0, 0.05) is 56.7 Å². The van der Waals surface area contributed by atoms with Gasteiger partial charge in [0.05, 0.1) is 12.8 Å². The van der Waals surface area contributed by atoms with Crippen molar-refractivity contribution in [2.24, 2.45) is 7.05 Å². The molecule has 1 aliphatic rings. The van der Waals surface area contributed by atoms with Crippen LogP contribution in [0.5, 0.6) is 0 Å². The van der Waals surface area contributed by atoms with Crippen molar-refractivity contribution in [2.75, 3.05) is 31.6 Å². The van der Waals surface area contributed by atoms with Gasteiger partial charge in [-0.25, -0.2) is 9.78 Å². The summed E-state index contributed by atoms with van der Waals surface area (Å²) in [7, 11) is 1.87. The summed E-state index contributed by atoms with van der Waals surface area (Å²) in [4.78, 5) is 21.0. The SMILES string of the molecule is C[C@@H]1CN(C(=O)Nc2cc(-c3cnn(C)c3)ccn2)C[C@H](C)N1CCO. The quantitative estimate of drug-likeness (QED) is 0.863. The van der Waals surface area contributed by atoms with Crippen LogP contribution in [0.1, 0.15) is 13.8 Å². The normalized spacial score (nSPS) is 21.0. The molecule has 8 heteroatoms. The minimum atomic E-state index is -0.150. The van der Waals surface area contributed by atoms with Crippen molar-refractivity contribution in [3.05, 3.63) is 30.7 Å². The molecule has 1 saturated heterocycles. The van der Waals surface area contributed by atoms with Crippen molar-refractivity contribution in [3.63, 3.8) is 0 Å². The topological polar surface area (TPSA) is 86.5 Å². The van der Waals surface area contributed by atoms with Crippen molar-refractivity contribution in [3.8, 4) is 11.1 Å². The largest absolute Gasteiger partial charge is 0.395 e. The molecule has 2 atom stereocenters. The number of aliphatic hydroxyl groups excluding tert-OH is 1. The van der Waals surface area contributed by atoms with Crippen molar-refractivity contribution < 1.29 is 9.90 Å². The molecule has 2 N–H and O–H groups in total. The molecule has 0 unspecified atom stereocenters. The van der Waals surface area contributed by atoms with E-state index in [4.69, 9.17) is 0 Å². The number of rotatable bonds is 4. The summed E-state index contributed by atoms with van der Waals surface area (Å²) in [5.41, 5.74) is 1.93. The number of β-amino-alcohol motifs (C(OH)–C–C–N with tert-alkyl or cyclic N) is 1. The fourth-order valence-corrected chi connectivity index (χ4v) is 3.52. The van der Waals surface area contributed by atoms with Crippen LogP contribution in [0.4, 0.5) is 10.6 Å². The molecule has 1 aliphatic heterocycles. The molecule has 2 aromatic rings. The molecule has 0 aromatic carbocycles. The number of amides is 2. The van der Waals surface area contributed by atoms with Gasteiger partial charge in [-0.15, -0.1) is 0 Å². The van der Waals surface area contributed by atoms with E-state index < -0.39 is 0 Å². The van der Waals surface area contributed by atoms with Crippen LogP contribution >= 0.6 is 0 Å². The lowest BCUT2D eigenvalue weighted by Crippen LogP contribution is -2.59. The van der Waals surface area contributed by atoms with Gasteiger partial charge < -0.3 is 10.0 Å². The maximum atomic E-state index is 12.7. The lowest BCUT2D eigenvalue weighted by molar-refractivity contribution is 0.0452. The molecule has 2 aromatic heterocycles. The molecule has 3 heterocycles. The lowest BCUT2D eigenvalue weighted by atomic mass is 10.1. The van der Waals surface area contributed by atoms with Gasteiger partial charge in [-0.05, 0) is 31.5 Å². The molecular formula is C18H26N6O2. The third kappa shape index (κ3) is 4.03. The van der Waals surface area contributed by atoms with Crippen molar-refractivity contribution in [2.45, 2.75) is 25.9 Å². The van der Waals surface area contributed by atoms with Gasteiger partial charge in [0.1, 0.15) is 5.82 Å². The summed E-state index contributed by atoms with van der Waals surface area (Å²) in [5, 5.41) is 16.3. The molecule has 0 bridgehead atoms. The zero-order valence-corrected chi connectivity index (χ0v) is 15.5. The maximum Gasteiger partial charge on any atom is 0.323 e. The number of pyridine rings is 1. The first kappa shape index (κ1) is 18.3. The summed E-state index contributed by atoms with van der Waals surface area (Å²) in [6, 6.07) is 4.00. The smallest absolute Gasteiger partial charge is 0.323 e. The van der Waals surface area contributed by atoms with Crippen molar-refractivity contribution >= 4 is 11.8 Å². The van der Waals surface area contributed by atoms with E-state index in [1.165, 1.54) is 0 Å². The average molecular weight is 358 g/mol. The highest BCUT2D eigenvalue weighted by molar-refractivity contribution is 5.89. The number of nitrogens with zero attached hydrogens (tertiary/aromatic N) is 5. The number of anilines is 1. The van der Waals surface area contributed by atoms with E-state index in [1.54, 1.807) is 17.1 Å². The van der Waals surface area contributed by atoms with Crippen molar-refractivity contribution in [1.82, 2.24) is 24.6 Å². The van der Waals surface area contributed by atoms with E-state index in [-0.39, 0.29) is 24.7 Å². The summed E-state index contributed by atoms with van der Waals surface area (Å²) in [5.74, 6) is 0.523. The van der Waals surface area contributed by atoms with Crippen molar-refractivity contribution in [1.29, 1.82) is 0 Å². The first-order valence-corrected chi connectivity index (χ1v) is 8.85. The second-order valence-corrected chi connectivity index (χ2v) is 6.83. The van der Waals surface area contributed by atoms with Crippen LogP contribution in [0.15, 0.2) is 30.7 Å². The van der Waals surface area contributed by atoms with Crippen LogP contribution in [0.2, 0.25) is 0 Å². The Morgan fingerprint density at radius 2 is 2.04 bits per heavy atom. The molecule has 0 saturated carbocycles. The molecule has 140 valence electrons. The molecule has 8 nitrogen and oxygen atoms in total. The second-order valence-electron chi connectivity index (χ2n) is 6.83. The van der Waals surface area contributed by atoms with Crippen LogP contribution in [-0.4, -0.2) is 74.0 Å². The van der Waals surface area contributed by atoms with Gasteiger partial charge in [-0.1, -0.05) is 0 Å². The number of aliphatic hydroxyl groups is 1. The number of nitrogens with one attached hydrogen (secondary N) is 1. The van der Waals surface area contributed by atoms with E-state index in [1.807, 2.05) is 30.3 Å². The number of aromatic nitrogens is 3. The van der Waals surface area contributed by atoms with E-state index in [0.717, 1.165) is 11.1 Å². The minimum Gasteiger partial charge on any atom is -0.395 e. The first-order chi connectivity index (χ1) is 12.5. The van der Waals surface area contributed by atoms with Crippen LogP contribution in [0.25, 0.3) is 11.1 Å². The Hall–Kier alpha value is -2.45. The van der Waals surface area contributed by atoms with E-state index >= 15 is 0 Å². The number of hydrogen-bond acceptors (Lipinski definition) is 5. The Morgan fingerprint density at radius 3 is 2.65 bits per heavy atom. The van der Waals surface area contributed by atoms with Gasteiger partial charge in [-0.2, -0.15) is 5.10 Å². The summed E-state index contributed by atoms with van der Waals surface area (Å²) >= 11 is 0. The Bertz CT molecular complexity index is 750. The summed E-state index contributed by atoms with van der Waals surface area (Å²) in [6.45, 7) is 6.16. The molecule has 26 heavy (non-hydrogen) atoms. The zero-order chi connectivity index (χ0) is 18.7. The highest BCUT2D eigenvalue weighted by Gasteiger charge is 2.31. The van der Waals surface area contributed by atoms with Gasteiger partial charge in [0.15, 0.2) is 0 Å². The van der Waals surface area contributed by atoms with Crippen LogP contribution in [-0.2, 0) is 7.05 Å². The predicted molar refractivity (Wildman–Crippen MR) is 99.7 cm³/mol. The standard InChI is InChI=1S/C18H26N6O2/c1-13-10-23(11-14(2)24(13)6-7-25)18(26)21-17-8-15(4-5-19-17)16-9-20-22(3)12-16/h4-5,8-9,12-14,25H,6-7,10-11H2,1-3H3,(H,19,21,26)/t13-,14+. The lowest BCUT2D eigenvalue weighted by Gasteiger charge is -2.44. The highest BCUT2D eigenvalue weighted by Crippen LogP contribution is 2.21. The number of carbonyl (C=O) groups is 1. The maximum absolute atomic E-state index is 12.7. The van der Waals surface area contributed by atoms with Crippen LogP contribution in [0.3, 0.4) is 0 Å². The van der Waals surface area contributed by atoms with E-state index in [9.17, 15) is 9.90 Å². The molecule has 0 spiro atoms. The molecule has 2 amide bonds. The monoisotopic (exact) mass is 358 g/mol. The Morgan fingerprint density at radius 1 is 1.31 bits per heavy atom. The summed E-state index contributed by atoms with van der Waals surface area (Å²) < 4.78 is 1.74. The summed E-state index contributed by atoms with van der Waals surface area (Å²) in [6.07, 6.45) is 5.39. The number of urea groups is 1. The first-order valence-electron chi connectivity index (χ1n) is 8.85. The average Bonchev–Trinajstić information content (AvgIpc) is 3.04. The van der Waals surface area contributed by atoms with E-state index in [2.05, 4.69) is 34.1 Å². The third-order valence-corrected chi connectivity index (χ3v) is 4.78. The van der Waals surface area contributed by atoms with Crippen LogP contribution in [0, 0.1) is 0 Å². The minimum absolute atomic E-state index is 0.131. The fourth-order valence-electron chi connectivity index (χ4n) is 3.52. The third-order valence-electron chi connectivity index (χ3n) is 4.78. The van der Waals surface area contributed by atoms with E-state index in [0.29, 0.717) is 25.5 Å². The number of hydrogen-bond donors (Lipinski definition) is 2. The number of carbonyl (C=O) groups excluding carboxylic acids is 1. The molecule has 0 radical (unpaired) electrons. The van der Waals surface area contributed by atoms with Gasteiger partial charge in [-0.3, -0.25) is 14.9 Å². The molecular weight excluding hydrogens is 332 g/mol. The fraction of sp³-hybridized carbons (Fsp3) is 0.500. The number of aryl methyl sites for hydroxylation is 1. The van der Waals surface area contributed by atoms with Gasteiger partial charge in [0.25, 0.3) is 0 Å². The van der Waals surface area contributed by atoms with Gasteiger partial charge >= 0.3 is 6.03 Å².